The Labute approximate surface area is 192 Å². The molecule has 2 aromatic heterocycles. The summed E-state index contributed by atoms with van der Waals surface area (Å²) in [5, 5.41) is 2.66. The van der Waals surface area contributed by atoms with Crippen molar-refractivity contribution in [2.75, 3.05) is 19.6 Å². The molecule has 1 aliphatic rings. The number of hydrogen-bond donors (Lipinski definition) is 0. The molecular weight excluding hydrogens is 460 g/mol. The number of rotatable bonds is 4. The molecule has 1 aliphatic heterocycles. The normalized spacial score (nSPS) is 18.6. The molecule has 0 N–H and O–H groups in total. The average molecular weight is 483 g/mol. The van der Waals surface area contributed by atoms with Crippen molar-refractivity contribution in [3.63, 3.8) is 0 Å². The molecular formula is C23H22N4O4S2. The maximum Gasteiger partial charge on any atom is 0.244 e. The number of nitrogens with zero attached hydrogens (tertiary/aromatic N) is 4. The highest BCUT2D eigenvalue weighted by atomic mass is 32.2. The van der Waals surface area contributed by atoms with Crippen LogP contribution in [-0.2, 0) is 20.0 Å². The summed E-state index contributed by atoms with van der Waals surface area (Å²) in [6, 6.07) is 13.0. The Kier molecular flexibility index (Phi) is 5.40. The molecule has 2 aromatic carbocycles. The largest absolute Gasteiger partial charge is 0.264 e. The van der Waals surface area contributed by atoms with E-state index in [1.54, 1.807) is 68.1 Å². The predicted octanol–water partition coefficient (Wildman–Crippen LogP) is 2.87. The van der Waals surface area contributed by atoms with Crippen molar-refractivity contribution in [1.29, 1.82) is 0 Å². The van der Waals surface area contributed by atoms with E-state index < -0.39 is 26.1 Å². The first-order valence-electron chi connectivity index (χ1n) is 10.5. The highest BCUT2D eigenvalue weighted by Gasteiger charge is 2.39. The number of fused-ring (bicyclic) bond motifs is 2. The van der Waals surface area contributed by atoms with Gasteiger partial charge in [-0.1, -0.05) is 24.3 Å². The van der Waals surface area contributed by atoms with Gasteiger partial charge in [0.05, 0.1) is 9.79 Å². The molecule has 0 amide bonds. The summed E-state index contributed by atoms with van der Waals surface area (Å²) in [4.78, 5) is 8.53. The predicted molar refractivity (Wildman–Crippen MR) is 126 cm³/mol. The van der Waals surface area contributed by atoms with E-state index in [0.717, 1.165) is 10.8 Å². The molecule has 33 heavy (non-hydrogen) atoms. The minimum absolute atomic E-state index is 0.0648. The zero-order chi connectivity index (χ0) is 23.2. The summed E-state index contributed by atoms with van der Waals surface area (Å²) >= 11 is 0. The Hall–Kier alpha value is -2.92. The van der Waals surface area contributed by atoms with Crippen LogP contribution in [0.4, 0.5) is 0 Å². The second-order valence-electron chi connectivity index (χ2n) is 8.03. The van der Waals surface area contributed by atoms with Gasteiger partial charge in [0.1, 0.15) is 0 Å². The molecule has 1 atom stereocenters. The van der Waals surface area contributed by atoms with Crippen molar-refractivity contribution in [3.05, 3.63) is 73.3 Å². The van der Waals surface area contributed by atoms with Crippen LogP contribution in [0.5, 0.6) is 0 Å². The molecule has 1 unspecified atom stereocenters. The van der Waals surface area contributed by atoms with Crippen molar-refractivity contribution in [3.8, 4) is 0 Å². The highest BCUT2D eigenvalue weighted by molar-refractivity contribution is 7.90. The maximum atomic E-state index is 13.5. The van der Waals surface area contributed by atoms with E-state index in [4.69, 9.17) is 0 Å². The third-order valence-electron chi connectivity index (χ3n) is 6.02. The molecule has 8 nitrogen and oxygen atoms in total. The number of pyridine rings is 2. The second kappa shape index (κ2) is 8.14. The van der Waals surface area contributed by atoms with Gasteiger partial charge in [-0.05, 0) is 31.2 Å². The molecule has 4 aromatic rings. The standard InChI is InChI=1S/C23H22N4O4S2/c1-17-16-26(32(28,29)22-6-2-4-18-14-24-10-8-20(18)22)12-13-27(17)33(30,31)23-7-3-5-19-15-25-11-9-21(19)23/h2-11,14-15,17H,12-13,16H2,1H3. The lowest BCUT2D eigenvalue weighted by Crippen LogP contribution is -2.55. The topological polar surface area (TPSA) is 101 Å². The molecule has 10 heteroatoms. The summed E-state index contributed by atoms with van der Waals surface area (Å²) in [5.74, 6) is 0. The zero-order valence-corrected chi connectivity index (χ0v) is 19.5. The molecule has 0 bridgehead atoms. The second-order valence-corrected chi connectivity index (χ2v) is 11.8. The number of sulfonamides is 2. The van der Waals surface area contributed by atoms with Crippen molar-refractivity contribution in [2.24, 2.45) is 0 Å². The first-order valence-corrected chi connectivity index (χ1v) is 13.4. The third kappa shape index (κ3) is 3.68. The van der Waals surface area contributed by atoms with Gasteiger partial charge >= 0.3 is 0 Å². The molecule has 0 aliphatic carbocycles. The Morgan fingerprint density at radius 2 is 1.30 bits per heavy atom. The van der Waals surface area contributed by atoms with Gasteiger partial charge in [0.25, 0.3) is 0 Å². The van der Waals surface area contributed by atoms with Gasteiger partial charge < -0.3 is 0 Å². The minimum Gasteiger partial charge on any atom is -0.264 e. The van der Waals surface area contributed by atoms with Gasteiger partial charge in [-0.3, -0.25) is 9.97 Å². The van der Waals surface area contributed by atoms with Gasteiger partial charge in [-0.2, -0.15) is 8.61 Å². The summed E-state index contributed by atoms with van der Waals surface area (Å²) < 4.78 is 56.8. The number of aromatic nitrogens is 2. The van der Waals surface area contributed by atoms with E-state index in [0.29, 0.717) is 10.8 Å². The molecule has 0 saturated carbocycles. The van der Waals surface area contributed by atoms with E-state index in [1.165, 1.54) is 8.61 Å². The van der Waals surface area contributed by atoms with Gasteiger partial charge in [-0.25, -0.2) is 16.8 Å². The molecule has 1 fully saturated rings. The lowest BCUT2D eigenvalue weighted by molar-refractivity contribution is 0.213. The van der Waals surface area contributed by atoms with Crippen LogP contribution in [0.1, 0.15) is 6.92 Å². The van der Waals surface area contributed by atoms with Crippen LogP contribution in [0, 0.1) is 0 Å². The smallest absolute Gasteiger partial charge is 0.244 e. The summed E-state index contributed by atoms with van der Waals surface area (Å²) in [6.07, 6.45) is 6.38. The van der Waals surface area contributed by atoms with Crippen LogP contribution in [0.15, 0.2) is 83.1 Å². The van der Waals surface area contributed by atoms with Crippen molar-refractivity contribution >= 4 is 41.6 Å². The van der Waals surface area contributed by atoms with E-state index in [1.807, 2.05) is 12.1 Å². The molecule has 0 radical (unpaired) electrons. The minimum atomic E-state index is -3.83. The van der Waals surface area contributed by atoms with Crippen LogP contribution in [0.25, 0.3) is 21.5 Å². The van der Waals surface area contributed by atoms with Crippen LogP contribution in [0.2, 0.25) is 0 Å². The molecule has 170 valence electrons. The van der Waals surface area contributed by atoms with E-state index in [2.05, 4.69) is 9.97 Å². The Balaban J connectivity index is 1.46. The number of piperazine rings is 1. The SMILES string of the molecule is CC1CN(S(=O)(=O)c2cccc3cnccc23)CCN1S(=O)(=O)c1cccc2cnccc12. The van der Waals surface area contributed by atoms with E-state index >= 15 is 0 Å². The quantitative estimate of drug-likeness (QED) is 0.443. The fourth-order valence-electron chi connectivity index (χ4n) is 4.38. The van der Waals surface area contributed by atoms with Crippen LogP contribution < -0.4 is 0 Å². The Morgan fingerprint density at radius 3 is 1.85 bits per heavy atom. The van der Waals surface area contributed by atoms with Crippen molar-refractivity contribution < 1.29 is 16.8 Å². The summed E-state index contributed by atoms with van der Waals surface area (Å²) in [7, 11) is -7.64. The molecule has 3 heterocycles. The Morgan fingerprint density at radius 1 is 0.758 bits per heavy atom. The van der Waals surface area contributed by atoms with Crippen LogP contribution in [0.3, 0.4) is 0 Å². The monoisotopic (exact) mass is 482 g/mol. The van der Waals surface area contributed by atoms with E-state index in [-0.39, 0.29) is 29.4 Å². The lowest BCUT2D eigenvalue weighted by Gasteiger charge is -2.38. The lowest BCUT2D eigenvalue weighted by atomic mass is 10.2. The Bertz CT molecular complexity index is 1560. The van der Waals surface area contributed by atoms with Gasteiger partial charge in [0.2, 0.25) is 20.0 Å². The third-order valence-corrected chi connectivity index (χ3v) is 10.0. The van der Waals surface area contributed by atoms with Crippen LogP contribution >= 0.6 is 0 Å². The van der Waals surface area contributed by atoms with Crippen LogP contribution in [-0.4, -0.2) is 61.1 Å². The van der Waals surface area contributed by atoms with Crippen molar-refractivity contribution in [1.82, 2.24) is 18.6 Å². The highest BCUT2D eigenvalue weighted by Crippen LogP contribution is 2.30. The van der Waals surface area contributed by atoms with Gasteiger partial charge in [0, 0.05) is 72.0 Å². The molecule has 1 saturated heterocycles. The van der Waals surface area contributed by atoms with Gasteiger partial charge in [0.15, 0.2) is 0 Å². The first kappa shape index (κ1) is 21.9. The zero-order valence-electron chi connectivity index (χ0n) is 17.9. The average Bonchev–Trinajstić information content (AvgIpc) is 2.83. The van der Waals surface area contributed by atoms with E-state index in [9.17, 15) is 16.8 Å². The number of hydrogen-bond acceptors (Lipinski definition) is 6. The fraction of sp³-hybridized carbons (Fsp3) is 0.217. The van der Waals surface area contributed by atoms with Crippen molar-refractivity contribution in [2.45, 2.75) is 22.8 Å². The first-order chi connectivity index (χ1) is 15.8. The maximum absolute atomic E-state index is 13.5. The summed E-state index contributed by atoms with van der Waals surface area (Å²) in [6.45, 7) is 1.94. The number of benzene rings is 2. The van der Waals surface area contributed by atoms with Gasteiger partial charge in [-0.15, -0.1) is 0 Å². The molecule has 5 rings (SSSR count). The molecule has 0 spiro atoms. The summed E-state index contributed by atoms with van der Waals surface area (Å²) in [5.41, 5.74) is 0. The fourth-order valence-corrected chi connectivity index (χ4v) is 7.94.